The summed E-state index contributed by atoms with van der Waals surface area (Å²) in [5.41, 5.74) is 5.20. The van der Waals surface area contributed by atoms with E-state index in [1.807, 2.05) is 18.7 Å². The standard InChI is InChI=1S/C7H14N2OS/c1-5-6(2)11-4-3-9(5)7(8)10/h5-6H,3-4H2,1-2H3,(H2,8,10). The first-order chi connectivity index (χ1) is 5.13. The molecule has 2 unspecified atom stereocenters. The number of nitrogens with zero attached hydrogens (tertiary/aromatic N) is 1. The number of rotatable bonds is 0. The first-order valence-electron chi connectivity index (χ1n) is 3.80. The molecule has 1 rings (SSSR count). The average molecular weight is 174 g/mol. The minimum absolute atomic E-state index is 0.284. The Balaban J connectivity index is 2.58. The quantitative estimate of drug-likeness (QED) is 0.593. The molecule has 0 aromatic heterocycles. The fourth-order valence-electron chi connectivity index (χ4n) is 1.24. The van der Waals surface area contributed by atoms with Gasteiger partial charge >= 0.3 is 6.03 Å². The fourth-order valence-corrected chi connectivity index (χ4v) is 2.34. The van der Waals surface area contributed by atoms with Gasteiger partial charge in [-0.25, -0.2) is 4.79 Å². The highest BCUT2D eigenvalue weighted by atomic mass is 32.2. The zero-order chi connectivity index (χ0) is 8.43. The number of carbonyl (C=O) groups excluding carboxylic acids is 1. The second-order valence-electron chi connectivity index (χ2n) is 2.85. The van der Waals surface area contributed by atoms with E-state index in [1.54, 1.807) is 4.90 Å². The van der Waals surface area contributed by atoms with E-state index in [0.717, 1.165) is 12.3 Å². The zero-order valence-corrected chi connectivity index (χ0v) is 7.73. The van der Waals surface area contributed by atoms with E-state index in [4.69, 9.17) is 5.73 Å². The molecular weight excluding hydrogens is 160 g/mol. The van der Waals surface area contributed by atoms with Crippen LogP contribution in [0.15, 0.2) is 0 Å². The third-order valence-corrected chi connectivity index (χ3v) is 3.50. The van der Waals surface area contributed by atoms with Gasteiger partial charge in [-0.2, -0.15) is 11.8 Å². The minimum Gasteiger partial charge on any atom is -0.351 e. The maximum atomic E-state index is 10.8. The normalized spacial score (nSPS) is 32.0. The molecule has 64 valence electrons. The SMILES string of the molecule is CC1SCCN(C(N)=O)C1C. The second-order valence-corrected chi connectivity index (χ2v) is 4.33. The molecule has 0 aromatic carbocycles. The van der Waals surface area contributed by atoms with Crippen LogP contribution in [0.25, 0.3) is 0 Å². The molecule has 0 spiro atoms. The van der Waals surface area contributed by atoms with Crippen molar-refractivity contribution in [2.45, 2.75) is 25.1 Å². The van der Waals surface area contributed by atoms with Crippen LogP contribution in [0.5, 0.6) is 0 Å². The van der Waals surface area contributed by atoms with E-state index in [0.29, 0.717) is 5.25 Å². The van der Waals surface area contributed by atoms with Crippen molar-refractivity contribution in [3.63, 3.8) is 0 Å². The van der Waals surface area contributed by atoms with Gasteiger partial charge in [-0.1, -0.05) is 6.92 Å². The molecule has 1 fully saturated rings. The molecule has 1 heterocycles. The number of carbonyl (C=O) groups is 1. The lowest BCUT2D eigenvalue weighted by Gasteiger charge is -2.36. The van der Waals surface area contributed by atoms with E-state index in [9.17, 15) is 4.79 Å². The van der Waals surface area contributed by atoms with Gasteiger partial charge in [0.2, 0.25) is 0 Å². The largest absolute Gasteiger partial charge is 0.351 e. The van der Waals surface area contributed by atoms with Crippen LogP contribution in [0.4, 0.5) is 4.79 Å². The van der Waals surface area contributed by atoms with Gasteiger partial charge in [-0.15, -0.1) is 0 Å². The highest BCUT2D eigenvalue weighted by Crippen LogP contribution is 2.23. The molecule has 1 saturated heterocycles. The van der Waals surface area contributed by atoms with E-state index in [2.05, 4.69) is 6.92 Å². The molecule has 0 aliphatic carbocycles. The number of urea groups is 1. The van der Waals surface area contributed by atoms with Gasteiger partial charge in [0.1, 0.15) is 0 Å². The molecule has 11 heavy (non-hydrogen) atoms. The molecule has 2 amide bonds. The molecule has 0 bridgehead atoms. The van der Waals surface area contributed by atoms with Crippen molar-refractivity contribution in [2.75, 3.05) is 12.3 Å². The highest BCUT2D eigenvalue weighted by molar-refractivity contribution is 8.00. The van der Waals surface area contributed by atoms with Gasteiger partial charge in [0.25, 0.3) is 0 Å². The summed E-state index contributed by atoms with van der Waals surface area (Å²) < 4.78 is 0. The van der Waals surface area contributed by atoms with Crippen molar-refractivity contribution in [1.29, 1.82) is 0 Å². The molecule has 1 aliphatic rings. The van der Waals surface area contributed by atoms with Crippen LogP contribution in [0.1, 0.15) is 13.8 Å². The van der Waals surface area contributed by atoms with Crippen molar-refractivity contribution >= 4 is 17.8 Å². The molecule has 0 aromatic rings. The van der Waals surface area contributed by atoms with Crippen LogP contribution in [-0.2, 0) is 0 Å². The number of primary amides is 1. The molecule has 4 heteroatoms. The summed E-state index contributed by atoms with van der Waals surface area (Å²) in [4.78, 5) is 12.6. The summed E-state index contributed by atoms with van der Waals surface area (Å²) in [7, 11) is 0. The first kappa shape index (κ1) is 8.71. The first-order valence-corrected chi connectivity index (χ1v) is 4.85. The van der Waals surface area contributed by atoms with Crippen LogP contribution < -0.4 is 5.73 Å². The Morgan fingerprint density at radius 2 is 2.27 bits per heavy atom. The summed E-state index contributed by atoms with van der Waals surface area (Å²) in [5, 5.41) is 0.510. The van der Waals surface area contributed by atoms with E-state index < -0.39 is 0 Å². The lowest BCUT2D eigenvalue weighted by Crippen LogP contribution is -2.50. The molecule has 0 radical (unpaired) electrons. The molecule has 0 saturated carbocycles. The predicted octanol–water partition coefficient (Wildman–Crippen LogP) is 0.891. The number of hydrogen-bond donors (Lipinski definition) is 1. The van der Waals surface area contributed by atoms with Crippen molar-refractivity contribution in [1.82, 2.24) is 4.90 Å². The summed E-state index contributed by atoms with van der Waals surface area (Å²) in [6, 6.07) is -0.00380. The predicted molar refractivity (Wildman–Crippen MR) is 47.7 cm³/mol. The summed E-state index contributed by atoms with van der Waals surface area (Å²) >= 11 is 1.90. The third kappa shape index (κ3) is 1.80. The zero-order valence-electron chi connectivity index (χ0n) is 6.91. The van der Waals surface area contributed by atoms with Crippen LogP contribution in [0, 0.1) is 0 Å². The summed E-state index contributed by atoms with van der Waals surface area (Å²) in [5.74, 6) is 1.01. The number of amides is 2. The van der Waals surface area contributed by atoms with Gasteiger partial charge in [0.05, 0.1) is 0 Å². The Labute approximate surface area is 71.3 Å². The van der Waals surface area contributed by atoms with Crippen molar-refractivity contribution in [3.05, 3.63) is 0 Å². The maximum Gasteiger partial charge on any atom is 0.315 e. The lowest BCUT2D eigenvalue weighted by molar-refractivity contribution is 0.190. The monoisotopic (exact) mass is 174 g/mol. The van der Waals surface area contributed by atoms with Crippen molar-refractivity contribution < 1.29 is 4.79 Å². The van der Waals surface area contributed by atoms with Gasteiger partial charge in [0.15, 0.2) is 0 Å². The minimum atomic E-state index is -0.287. The number of nitrogens with two attached hydrogens (primary N) is 1. The number of thioether (sulfide) groups is 1. The van der Waals surface area contributed by atoms with Crippen LogP contribution in [-0.4, -0.2) is 34.5 Å². The molecule has 1 aliphatic heterocycles. The van der Waals surface area contributed by atoms with Gasteiger partial charge in [-0.05, 0) is 6.92 Å². The highest BCUT2D eigenvalue weighted by Gasteiger charge is 2.26. The van der Waals surface area contributed by atoms with Crippen LogP contribution in [0.2, 0.25) is 0 Å². The van der Waals surface area contributed by atoms with E-state index >= 15 is 0 Å². The molecular formula is C7H14N2OS. The van der Waals surface area contributed by atoms with E-state index in [1.165, 1.54) is 0 Å². The fraction of sp³-hybridized carbons (Fsp3) is 0.857. The Morgan fingerprint density at radius 3 is 2.73 bits per heavy atom. The number of hydrogen-bond acceptors (Lipinski definition) is 2. The molecule has 2 atom stereocenters. The Morgan fingerprint density at radius 1 is 1.64 bits per heavy atom. The van der Waals surface area contributed by atoms with Crippen molar-refractivity contribution in [2.24, 2.45) is 5.73 Å². The van der Waals surface area contributed by atoms with Gasteiger partial charge < -0.3 is 10.6 Å². The van der Waals surface area contributed by atoms with Crippen LogP contribution in [0.3, 0.4) is 0 Å². The summed E-state index contributed by atoms with van der Waals surface area (Å²) in [6.07, 6.45) is 0. The smallest absolute Gasteiger partial charge is 0.315 e. The lowest BCUT2D eigenvalue weighted by atomic mass is 10.2. The van der Waals surface area contributed by atoms with Gasteiger partial charge in [-0.3, -0.25) is 0 Å². The Kier molecular flexibility index (Phi) is 2.65. The summed E-state index contributed by atoms with van der Waals surface area (Å²) in [6.45, 7) is 4.97. The van der Waals surface area contributed by atoms with Crippen LogP contribution >= 0.6 is 11.8 Å². The average Bonchev–Trinajstić information content (AvgIpc) is 1.94. The Bertz CT molecular complexity index is 163. The van der Waals surface area contributed by atoms with Crippen molar-refractivity contribution in [3.8, 4) is 0 Å². The second kappa shape index (κ2) is 3.34. The maximum absolute atomic E-state index is 10.8. The molecule has 2 N–H and O–H groups in total. The third-order valence-electron chi connectivity index (χ3n) is 2.17. The van der Waals surface area contributed by atoms with Gasteiger partial charge in [0, 0.05) is 23.6 Å². The topological polar surface area (TPSA) is 46.3 Å². The molecule has 3 nitrogen and oxygen atoms in total. The Hall–Kier alpha value is -0.380. The van der Waals surface area contributed by atoms with E-state index in [-0.39, 0.29) is 12.1 Å².